The zero-order valence-electron chi connectivity index (χ0n) is 9.24. The van der Waals surface area contributed by atoms with Crippen LogP contribution >= 0.6 is 11.6 Å². The number of rotatable bonds is 5. The van der Waals surface area contributed by atoms with E-state index in [0.29, 0.717) is 17.2 Å². The highest BCUT2D eigenvalue weighted by Gasteiger charge is 2.08. The van der Waals surface area contributed by atoms with Gasteiger partial charge >= 0.3 is 0 Å². The first-order chi connectivity index (χ1) is 7.67. The van der Waals surface area contributed by atoms with E-state index in [1.807, 2.05) is 19.1 Å². The lowest BCUT2D eigenvalue weighted by Gasteiger charge is -2.13. The van der Waals surface area contributed by atoms with Crippen LogP contribution in [0.3, 0.4) is 0 Å². The maximum absolute atomic E-state index is 8.48. The summed E-state index contributed by atoms with van der Waals surface area (Å²) >= 11 is 5.92. The van der Waals surface area contributed by atoms with Crippen molar-refractivity contribution in [3.63, 3.8) is 0 Å². The fourth-order valence-corrected chi connectivity index (χ4v) is 1.58. The number of nitriles is 1. The molecule has 0 saturated heterocycles. The Hall–Kier alpha value is -1.24. The predicted octanol–water partition coefficient (Wildman–Crippen LogP) is 2.52. The van der Waals surface area contributed by atoms with Gasteiger partial charge in [0.15, 0.2) is 6.61 Å². The third kappa shape index (κ3) is 3.73. The smallest absolute Gasteiger partial charge is 0.174 e. The minimum Gasteiger partial charge on any atom is -0.478 e. The molecule has 1 rings (SSSR count). The summed E-state index contributed by atoms with van der Waals surface area (Å²) in [6.45, 7) is 2.07. The van der Waals surface area contributed by atoms with E-state index in [1.54, 1.807) is 12.1 Å². The molecule has 0 saturated carbocycles. The lowest BCUT2D eigenvalue weighted by molar-refractivity contribution is 0.362. The fourth-order valence-electron chi connectivity index (χ4n) is 1.39. The molecule has 0 aliphatic carbocycles. The van der Waals surface area contributed by atoms with Gasteiger partial charge in [-0.2, -0.15) is 5.26 Å². The second-order valence-corrected chi connectivity index (χ2v) is 4.01. The second kappa shape index (κ2) is 6.37. The van der Waals surface area contributed by atoms with E-state index >= 15 is 0 Å². The average Bonchev–Trinajstić information content (AvgIpc) is 2.28. The monoisotopic (exact) mass is 238 g/mol. The normalized spacial score (nSPS) is 11.9. The molecular formula is C12H15ClN2O. The third-order valence-electron chi connectivity index (χ3n) is 2.32. The quantitative estimate of drug-likeness (QED) is 0.858. The molecule has 16 heavy (non-hydrogen) atoms. The van der Waals surface area contributed by atoms with Crippen molar-refractivity contribution in [2.24, 2.45) is 5.73 Å². The molecule has 0 radical (unpaired) electrons. The van der Waals surface area contributed by atoms with Crippen LogP contribution in [0, 0.1) is 11.3 Å². The van der Waals surface area contributed by atoms with E-state index in [0.717, 1.165) is 12.0 Å². The molecule has 0 fully saturated rings. The van der Waals surface area contributed by atoms with E-state index in [9.17, 15) is 0 Å². The van der Waals surface area contributed by atoms with Gasteiger partial charge in [-0.1, -0.05) is 18.5 Å². The SMILES string of the molecule is CCC(N)Cc1cc(Cl)ccc1OCC#N. The van der Waals surface area contributed by atoms with Gasteiger partial charge in [-0.15, -0.1) is 0 Å². The standard InChI is InChI=1S/C12H15ClN2O/c1-2-11(15)8-9-7-10(13)3-4-12(9)16-6-5-14/h3-4,7,11H,2,6,8,15H2,1H3. The number of hydrogen-bond donors (Lipinski definition) is 1. The van der Waals surface area contributed by atoms with Crippen LogP contribution in [0.2, 0.25) is 5.02 Å². The van der Waals surface area contributed by atoms with E-state index in [-0.39, 0.29) is 12.6 Å². The van der Waals surface area contributed by atoms with Gasteiger partial charge in [-0.3, -0.25) is 0 Å². The summed E-state index contributed by atoms with van der Waals surface area (Å²) in [6, 6.07) is 7.38. The highest BCUT2D eigenvalue weighted by atomic mass is 35.5. The largest absolute Gasteiger partial charge is 0.478 e. The molecule has 1 aromatic rings. The van der Waals surface area contributed by atoms with Crippen LogP contribution < -0.4 is 10.5 Å². The molecule has 0 bridgehead atoms. The van der Waals surface area contributed by atoms with Crippen molar-refractivity contribution < 1.29 is 4.74 Å². The van der Waals surface area contributed by atoms with Gasteiger partial charge in [0.1, 0.15) is 11.8 Å². The molecule has 3 nitrogen and oxygen atoms in total. The zero-order valence-corrected chi connectivity index (χ0v) is 10.00. The van der Waals surface area contributed by atoms with Crippen LogP contribution in [-0.2, 0) is 6.42 Å². The first-order valence-corrected chi connectivity index (χ1v) is 5.59. The van der Waals surface area contributed by atoms with Crippen LogP contribution in [0.5, 0.6) is 5.75 Å². The minimum absolute atomic E-state index is 0.0377. The van der Waals surface area contributed by atoms with Crippen molar-refractivity contribution in [2.75, 3.05) is 6.61 Å². The Balaban J connectivity index is 2.85. The summed E-state index contributed by atoms with van der Waals surface area (Å²) in [5, 5.41) is 9.13. The first kappa shape index (κ1) is 12.8. The van der Waals surface area contributed by atoms with Crippen LogP contribution in [0.1, 0.15) is 18.9 Å². The molecule has 0 aliphatic heterocycles. The van der Waals surface area contributed by atoms with Gasteiger partial charge in [0.05, 0.1) is 0 Å². The molecule has 86 valence electrons. The van der Waals surface area contributed by atoms with Gasteiger partial charge in [0.2, 0.25) is 0 Å². The summed E-state index contributed by atoms with van der Waals surface area (Å²) in [4.78, 5) is 0. The Kier molecular flexibility index (Phi) is 5.10. The van der Waals surface area contributed by atoms with Gasteiger partial charge in [0.25, 0.3) is 0 Å². The summed E-state index contributed by atoms with van der Waals surface area (Å²) in [5.41, 5.74) is 6.84. The number of ether oxygens (including phenoxy) is 1. The first-order valence-electron chi connectivity index (χ1n) is 5.21. The predicted molar refractivity (Wildman–Crippen MR) is 64.5 cm³/mol. The Labute approximate surface area is 101 Å². The van der Waals surface area contributed by atoms with Crippen molar-refractivity contribution in [1.29, 1.82) is 5.26 Å². The highest BCUT2D eigenvalue weighted by Crippen LogP contribution is 2.24. The lowest BCUT2D eigenvalue weighted by Crippen LogP contribution is -2.21. The fraction of sp³-hybridized carbons (Fsp3) is 0.417. The molecule has 0 aromatic heterocycles. The topological polar surface area (TPSA) is 59.0 Å². The van der Waals surface area contributed by atoms with E-state index in [2.05, 4.69) is 0 Å². The zero-order chi connectivity index (χ0) is 12.0. The summed E-state index contributed by atoms with van der Waals surface area (Å²) in [7, 11) is 0. The van der Waals surface area contributed by atoms with Gasteiger partial charge < -0.3 is 10.5 Å². The average molecular weight is 239 g/mol. The Bertz CT molecular complexity index is 387. The molecule has 4 heteroatoms. The lowest BCUT2D eigenvalue weighted by atomic mass is 10.0. The molecule has 0 aliphatic rings. The molecule has 0 spiro atoms. The maximum atomic E-state index is 8.48. The number of benzene rings is 1. The van der Waals surface area contributed by atoms with Crippen molar-refractivity contribution in [3.8, 4) is 11.8 Å². The number of hydrogen-bond acceptors (Lipinski definition) is 3. The van der Waals surface area contributed by atoms with Gasteiger partial charge in [0, 0.05) is 11.1 Å². The summed E-state index contributed by atoms with van der Waals surface area (Å²) in [6.07, 6.45) is 1.60. The van der Waals surface area contributed by atoms with Gasteiger partial charge in [-0.25, -0.2) is 0 Å². The van der Waals surface area contributed by atoms with Crippen molar-refractivity contribution in [1.82, 2.24) is 0 Å². The summed E-state index contributed by atoms with van der Waals surface area (Å²) in [5.74, 6) is 0.690. The molecule has 1 aromatic carbocycles. The second-order valence-electron chi connectivity index (χ2n) is 3.57. The van der Waals surface area contributed by atoms with Crippen molar-refractivity contribution >= 4 is 11.6 Å². The van der Waals surface area contributed by atoms with Gasteiger partial charge in [-0.05, 0) is 36.6 Å². The maximum Gasteiger partial charge on any atom is 0.174 e. The minimum atomic E-state index is 0.0377. The van der Waals surface area contributed by atoms with Crippen LogP contribution in [0.15, 0.2) is 18.2 Å². The third-order valence-corrected chi connectivity index (χ3v) is 2.56. The van der Waals surface area contributed by atoms with Crippen LogP contribution in [0.4, 0.5) is 0 Å². The number of halogens is 1. The van der Waals surface area contributed by atoms with Crippen molar-refractivity contribution in [2.45, 2.75) is 25.8 Å². The molecule has 0 heterocycles. The molecule has 1 unspecified atom stereocenters. The van der Waals surface area contributed by atoms with Crippen molar-refractivity contribution in [3.05, 3.63) is 28.8 Å². The Morgan fingerprint density at radius 1 is 1.56 bits per heavy atom. The Morgan fingerprint density at radius 2 is 2.31 bits per heavy atom. The van der Waals surface area contributed by atoms with E-state index in [1.165, 1.54) is 0 Å². The number of nitrogens with zero attached hydrogens (tertiary/aromatic N) is 1. The number of nitrogens with two attached hydrogens (primary N) is 1. The Morgan fingerprint density at radius 3 is 2.94 bits per heavy atom. The van der Waals surface area contributed by atoms with E-state index in [4.69, 9.17) is 27.3 Å². The molecule has 2 N–H and O–H groups in total. The molecule has 1 atom stereocenters. The highest BCUT2D eigenvalue weighted by molar-refractivity contribution is 6.30. The molecular weight excluding hydrogens is 224 g/mol. The molecule has 0 amide bonds. The van der Waals surface area contributed by atoms with E-state index < -0.39 is 0 Å². The van der Waals surface area contributed by atoms with Crippen LogP contribution in [-0.4, -0.2) is 12.6 Å². The summed E-state index contributed by atoms with van der Waals surface area (Å²) < 4.78 is 5.31. The van der Waals surface area contributed by atoms with Crippen LogP contribution in [0.25, 0.3) is 0 Å².